The SMILES string of the molecule is C[C@H](Nc1nc2c(C#CC3CC3)c[nH]c(=O)c2c2cc(-c3cn[nH]c3)ccc12)C(C)(C)C. The maximum absolute atomic E-state index is 13.0. The number of hydrogen-bond acceptors (Lipinski definition) is 4. The molecule has 0 radical (unpaired) electrons. The Morgan fingerprint density at radius 2 is 1.97 bits per heavy atom. The number of nitrogens with zero attached hydrogens (tertiary/aromatic N) is 2. The van der Waals surface area contributed by atoms with E-state index in [9.17, 15) is 4.79 Å². The highest BCUT2D eigenvalue weighted by atomic mass is 16.1. The molecule has 0 saturated heterocycles. The van der Waals surface area contributed by atoms with E-state index in [2.05, 4.69) is 60.0 Å². The van der Waals surface area contributed by atoms with Crippen molar-refractivity contribution in [2.45, 2.75) is 46.6 Å². The van der Waals surface area contributed by atoms with E-state index < -0.39 is 0 Å². The van der Waals surface area contributed by atoms with Gasteiger partial charge in [0.2, 0.25) is 0 Å². The monoisotopic (exact) mass is 425 g/mol. The van der Waals surface area contributed by atoms with Crippen molar-refractivity contribution in [2.75, 3.05) is 5.32 Å². The second-order valence-electron chi connectivity index (χ2n) is 9.74. The summed E-state index contributed by atoms with van der Waals surface area (Å²) in [5.74, 6) is 7.81. The van der Waals surface area contributed by atoms with Crippen molar-refractivity contribution in [3.05, 3.63) is 52.7 Å². The number of H-pyrrole nitrogens is 2. The Bertz CT molecular complexity index is 1430. The van der Waals surface area contributed by atoms with Gasteiger partial charge in [-0.25, -0.2) is 4.98 Å². The summed E-state index contributed by atoms with van der Waals surface area (Å²) in [6.45, 7) is 8.75. The van der Waals surface area contributed by atoms with Crippen molar-refractivity contribution in [3.63, 3.8) is 0 Å². The van der Waals surface area contributed by atoms with Crippen LogP contribution in [-0.2, 0) is 0 Å². The van der Waals surface area contributed by atoms with Gasteiger partial charge in [0.05, 0.1) is 22.7 Å². The number of pyridine rings is 2. The average molecular weight is 426 g/mol. The zero-order valence-corrected chi connectivity index (χ0v) is 18.8. The summed E-state index contributed by atoms with van der Waals surface area (Å²) in [7, 11) is 0. The molecule has 6 nitrogen and oxygen atoms in total. The summed E-state index contributed by atoms with van der Waals surface area (Å²) in [6, 6.07) is 6.29. The number of benzene rings is 1. The van der Waals surface area contributed by atoms with E-state index in [4.69, 9.17) is 4.98 Å². The van der Waals surface area contributed by atoms with Gasteiger partial charge in [0.15, 0.2) is 0 Å². The van der Waals surface area contributed by atoms with E-state index in [1.807, 2.05) is 24.4 Å². The van der Waals surface area contributed by atoms with Gasteiger partial charge in [-0.2, -0.15) is 5.10 Å². The first kappa shape index (κ1) is 20.3. The molecule has 1 aliphatic carbocycles. The van der Waals surface area contributed by atoms with Gasteiger partial charge in [0.1, 0.15) is 5.82 Å². The van der Waals surface area contributed by atoms with Crippen LogP contribution in [0.2, 0.25) is 0 Å². The van der Waals surface area contributed by atoms with E-state index in [-0.39, 0.29) is 17.0 Å². The standard InChI is InChI=1S/C26H27N5O/c1-15(26(2,3)4)30-24-20-10-9-17(19-13-28-29-14-19)11-21(20)22-23(31-24)18(12-27-25(22)32)8-7-16-5-6-16/h9-16H,5-6H2,1-4H3,(H,27,32)(H,28,29)(H,30,31)/t15-/m0/s1. The van der Waals surface area contributed by atoms with Gasteiger partial charge in [0, 0.05) is 40.7 Å². The molecule has 1 aliphatic rings. The zero-order chi connectivity index (χ0) is 22.5. The Labute approximate surface area is 186 Å². The summed E-state index contributed by atoms with van der Waals surface area (Å²) in [6.07, 6.45) is 7.61. The minimum Gasteiger partial charge on any atom is -0.367 e. The number of aromatic nitrogens is 4. The Morgan fingerprint density at radius 3 is 2.66 bits per heavy atom. The van der Waals surface area contributed by atoms with Crippen LogP contribution in [0, 0.1) is 23.2 Å². The lowest BCUT2D eigenvalue weighted by Crippen LogP contribution is -2.31. The second kappa shape index (κ2) is 7.52. The minimum atomic E-state index is -0.158. The summed E-state index contributed by atoms with van der Waals surface area (Å²) < 4.78 is 0. The molecule has 1 fully saturated rings. The van der Waals surface area contributed by atoms with Crippen LogP contribution in [0.15, 0.2) is 41.6 Å². The molecule has 4 aromatic rings. The summed E-state index contributed by atoms with van der Waals surface area (Å²) >= 11 is 0. The number of aromatic amines is 2. The molecule has 6 heteroatoms. The molecule has 0 amide bonds. The molecule has 3 heterocycles. The fraction of sp³-hybridized carbons (Fsp3) is 0.346. The van der Waals surface area contributed by atoms with Crippen molar-refractivity contribution < 1.29 is 0 Å². The quantitative estimate of drug-likeness (QED) is 0.316. The van der Waals surface area contributed by atoms with E-state index >= 15 is 0 Å². The molecule has 3 N–H and O–H groups in total. The zero-order valence-electron chi connectivity index (χ0n) is 18.8. The molecule has 0 aliphatic heterocycles. The smallest absolute Gasteiger partial charge is 0.258 e. The molecule has 3 aromatic heterocycles. The Morgan fingerprint density at radius 1 is 1.16 bits per heavy atom. The molecule has 0 unspecified atom stereocenters. The van der Waals surface area contributed by atoms with E-state index in [0.717, 1.165) is 46.1 Å². The second-order valence-corrected chi connectivity index (χ2v) is 9.74. The highest BCUT2D eigenvalue weighted by Gasteiger charge is 2.23. The number of anilines is 1. The predicted molar refractivity (Wildman–Crippen MR) is 130 cm³/mol. The lowest BCUT2D eigenvalue weighted by molar-refractivity contribution is 0.359. The van der Waals surface area contributed by atoms with Gasteiger partial charge < -0.3 is 10.3 Å². The van der Waals surface area contributed by atoms with Gasteiger partial charge >= 0.3 is 0 Å². The maximum Gasteiger partial charge on any atom is 0.258 e. The lowest BCUT2D eigenvalue weighted by Gasteiger charge is -2.29. The third-order valence-corrected chi connectivity index (χ3v) is 6.31. The normalized spacial score (nSPS) is 14.9. The van der Waals surface area contributed by atoms with Crippen molar-refractivity contribution in [3.8, 4) is 23.0 Å². The van der Waals surface area contributed by atoms with Gasteiger partial charge in [-0.05, 0) is 36.8 Å². The fourth-order valence-corrected chi connectivity index (χ4v) is 3.64. The summed E-state index contributed by atoms with van der Waals surface area (Å²) in [4.78, 5) is 20.8. The van der Waals surface area contributed by atoms with Crippen LogP contribution < -0.4 is 10.9 Å². The van der Waals surface area contributed by atoms with Crippen molar-refractivity contribution in [2.24, 2.45) is 11.3 Å². The van der Waals surface area contributed by atoms with Crippen LogP contribution in [0.4, 0.5) is 5.82 Å². The molecule has 162 valence electrons. The highest BCUT2D eigenvalue weighted by Crippen LogP contribution is 2.34. The largest absolute Gasteiger partial charge is 0.367 e. The maximum atomic E-state index is 13.0. The van der Waals surface area contributed by atoms with Gasteiger partial charge in [-0.3, -0.25) is 9.89 Å². The van der Waals surface area contributed by atoms with Crippen molar-refractivity contribution >= 4 is 27.5 Å². The first-order valence-corrected chi connectivity index (χ1v) is 11.1. The molecular formula is C26H27N5O. The van der Waals surface area contributed by atoms with E-state index in [0.29, 0.717) is 16.8 Å². The summed E-state index contributed by atoms with van der Waals surface area (Å²) in [5.41, 5.74) is 3.24. The number of nitrogens with one attached hydrogen (secondary N) is 3. The van der Waals surface area contributed by atoms with Gasteiger partial charge in [-0.15, -0.1) is 0 Å². The number of fused-ring (bicyclic) bond motifs is 3. The molecular weight excluding hydrogens is 398 g/mol. The van der Waals surface area contributed by atoms with Gasteiger partial charge in [0.25, 0.3) is 5.56 Å². The number of rotatable bonds is 3. The van der Waals surface area contributed by atoms with Crippen LogP contribution in [0.1, 0.15) is 46.1 Å². The molecule has 1 atom stereocenters. The third-order valence-electron chi connectivity index (χ3n) is 6.31. The van der Waals surface area contributed by atoms with Crippen LogP contribution in [0.3, 0.4) is 0 Å². The van der Waals surface area contributed by atoms with Crippen LogP contribution in [0.5, 0.6) is 0 Å². The highest BCUT2D eigenvalue weighted by molar-refractivity contribution is 6.12. The van der Waals surface area contributed by atoms with Gasteiger partial charge in [-0.1, -0.05) is 44.7 Å². The predicted octanol–water partition coefficient (Wildman–Crippen LogP) is 5.07. The third kappa shape index (κ3) is 3.75. The van der Waals surface area contributed by atoms with Crippen molar-refractivity contribution in [1.29, 1.82) is 0 Å². The Balaban J connectivity index is 1.80. The topological polar surface area (TPSA) is 86.5 Å². The number of hydrogen-bond donors (Lipinski definition) is 3. The molecule has 5 rings (SSSR count). The first-order chi connectivity index (χ1) is 15.3. The van der Waals surface area contributed by atoms with Crippen molar-refractivity contribution in [1.82, 2.24) is 20.2 Å². The Hall–Kier alpha value is -3.59. The van der Waals surface area contributed by atoms with Crippen LogP contribution in [-0.4, -0.2) is 26.2 Å². The van der Waals surface area contributed by atoms with E-state index in [1.54, 1.807) is 12.4 Å². The van der Waals surface area contributed by atoms with Crippen LogP contribution >= 0.6 is 0 Å². The van der Waals surface area contributed by atoms with E-state index in [1.165, 1.54) is 0 Å². The molecule has 0 bridgehead atoms. The molecule has 1 saturated carbocycles. The Kier molecular flexibility index (Phi) is 4.78. The first-order valence-electron chi connectivity index (χ1n) is 11.1. The average Bonchev–Trinajstić information content (AvgIpc) is 3.42. The molecule has 0 spiro atoms. The molecule has 32 heavy (non-hydrogen) atoms. The fourth-order valence-electron chi connectivity index (χ4n) is 3.64. The molecule has 1 aromatic carbocycles. The minimum absolute atomic E-state index is 0.0441. The summed E-state index contributed by atoms with van der Waals surface area (Å²) in [5, 5.41) is 12.9. The lowest BCUT2D eigenvalue weighted by atomic mass is 9.88. The van der Waals surface area contributed by atoms with Crippen LogP contribution in [0.25, 0.3) is 32.8 Å².